The van der Waals surface area contributed by atoms with Gasteiger partial charge in [-0.05, 0) is 56.3 Å². The summed E-state index contributed by atoms with van der Waals surface area (Å²) in [5.41, 5.74) is 5.12. The third-order valence-electron chi connectivity index (χ3n) is 4.14. The molecule has 0 bridgehead atoms. The molecule has 1 aliphatic rings. The van der Waals surface area contributed by atoms with Crippen molar-refractivity contribution < 1.29 is 0 Å². The standard InChI is InChI=1S/C17H24N4/c1-3-16-15(9-12-19-13-5-6-13)17(4-2)21(20-16)14-7-10-18-11-8-14/h7-8,10-11,13,19H,3-6,9,12H2,1-2H3. The summed E-state index contributed by atoms with van der Waals surface area (Å²) in [6.07, 6.45) is 9.42. The molecule has 0 atom stereocenters. The molecule has 0 aliphatic heterocycles. The van der Waals surface area contributed by atoms with Crippen LogP contribution in [0.4, 0.5) is 0 Å². The minimum absolute atomic E-state index is 0.774. The molecule has 0 saturated heterocycles. The molecule has 0 unspecified atom stereocenters. The zero-order chi connectivity index (χ0) is 14.7. The van der Waals surface area contributed by atoms with Crippen LogP contribution >= 0.6 is 0 Å². The minimum atomic E-state index is 0.774. The molecule has 0 amide bonds. The van der Waals surface area contributed by atoms with Gasteiger partial charge in [-0.25, -0.2) is 4.68 Å². The van der Waals surface area contributed by atoms with E-state index in [9.17, 15) is 0 Å². The van der Waals surface area contributed by atoms with Crippen LogP contribution in [0, 0.1) is 0 Å². The summed E-state index contributed by atoms with van der Waals surface area (Å²) in [7, 11) is 0. The zero-order valence-electron chi connectivity index (χ0n) is 13.0. The molecule has 4 heteroatoms. The van der Waals surface area contributed by atoms with Crippen LogP contribution in [-0.2, 0) is 19.3 Å². The molecule has 1 fully saturated rings. The van der Waals surface area contributed by atoms with Crippen molar-refractivity contribution in [3.63, 3.8) is 0 Å². The first-order chi connectivity index (χ1) is 10.3. The first kappa shape index (κ1) is 14.3. The quantitative estimate of drug-likeness (QED) is 0.850. The number of hydrogen-bond donors (Lipinski definition) is 1. The van der Waals surface area contributed by atoms with Crippen LogP contribution in [0.5, 0.6) is 0 Å². The van der Waals surface area contributed by atoms with Gasteiger partial charge < -0.3 is 5.32 Å². The van der Waals surface area contributed by atoms with E-state index in [4.69, 9.17) is 5.10 Å². The normalized spacial score (nSPS) is 14.6. The Bertz CT molecular complexity index is 584. The average Bonchev–Trinajstić information content (AvgIpc) is 3.28. The topological polar surface area (TPSA) is 42.7 Å². The fraction of sp³-hybridized carbons (Fsp3) is 0.529. The van der Waals surface area contributed by atoms with Crippen LogP contribution in [0.3, 0.4) is 0 Å². The highest BCUT2D eigenvalue weighted by atomic mass is 15.3. The van der Waals surface area contributed by atoms with Gasteiger partial charge in [0, 0.05) is 24.1 Å². The monoisotopic (exact) mass is 284 g/mol. The van der Waals surface area contributed by atoms with Gasteiger partial charge >= 0.3 is 0 Å². The number of rotatable bonds is 7. The maximum absolute atomic E-state index is 4.84. The van der Waals surface area contributed by atoms with Crippen molar-refractivity contribution in [1.82, 2.24) is 20.1 Å². The van der Waals surface area contributed by atoms with Crippen molar-refractivity contribution in [3.05, 3.63) is 41.5 Å². The molecule has 0 spiro atoms. The van der Waals surface area contributed by atoms with Crippen molar-refractivity contribution in [1.29, 1.82) is 0 Å². The third kappa shape index (κ3) is 3.16. The van der Waals surface area contributed by atoms with E-state index in [0.717, 1.165) is 37.5 Å². The molecule has 0 aromatic carbocycles. The van der Waals surface area contributed by atoms with Crippen LogP contribution < -0.4 is 5.32 Å². The predicted molar refractivity (Wildman–Crippen MR) is 84.8 cm³/mol. The molecular weight excluding hydrogens is 260 g/mol. The van der Waals surface area contributed by atoms with Crippen LogP contribution in [0.1, 0.15) is 43.6 Å². The Balaban J connectivity index is 1.87. The number of nitrogens with one attached hydrogen (secondary N) is 1. The summed E-state index contributed by atoms with van der Waals surface area (Å²) >= 11 is 0. The molecule has 1 saturated carbocycles. The highest BCUT2D eigenvalue weighted by molar-refractivity contribution is 5.37. The van der Waals surface area contributed by atoms with Crippen LogP contribution in [0.15, 0.2) is 24.5 Å². The van der Waals surface area contributed by atoms with Gasteiger partial charge in [0.05, 0.1) is 11.4 Å². The van der Waals surface area contributed by atoms with Crippen LogP contribution in [0.25, 0.3) is 5.69 Å². The maximum Gasteiger partial charge on any atom is 0.0679 e. The third-order valence-corrected chi connectivity index (χ3v) is 4.14. The zero-order valence-corrected chi connectivity index (χ0v) is 13.0. The molecule has 112 valence electrons. The van der Waals surface area contributed by atoms with E-state index >= 15 is 0 Å². The second-order valence-corrected chi connectivity index (χ2v) is 5.67. The molecular formula is C17H24N4. The smallest absolute Gasteiger partial charge is 0.0679 e. The Labute approximate surface area is 126 Å². The van der Waals surface area contributed by atoms with E-state index in [1.54, 1.807) is 0 Å². The van der Waals surface area contributed by atoms with Crippen molar-refractivity contribution in [2.75, 3.05) is 6.54 Å². The summed E-state index contributed by atoms with van der Waals surface area (Å²) in [5.74, 6) is 0. The Morgan fingerprint density at radius 3 is 2.57 bits per heavy atom. The molecule has 0 radical (unpaired) electrons. The van der Waals surface area contributed by atoms with Gasteiger partial charge in [-0.15, -0.1) is 0 Å². The Kier molecular flexibility index (Phi) is 4.34. The Morgan fingerprint density at radius 2 is 1.95 bits per heavy atom. The second kappa shape index (κ2) is 6.39. The summed E-state index contributed by atoms with van der Waals surface area (Å²) in [6.45, 7) is 5.47. The van der Waals surface area contributed by atoms with Crippen molar-refractivity contribution in [3.8, 4) is 5.69 Å². The summed E-state index contributed by atoms with van der Waals surface area (Å²) in [4.78, 5) is 4.10. The Hall–Kier alpha value is -1.68. The van der Waals surface area contributed by atoms with E-state index in [2.05, 4.69) is 28.8 Å². The largest absolute Gasteiger partial charge is 0.314 e. The highest BCUT2D eigenvalue weighted by Crippen LogP contribution is 2.22. The first-order valence-corrected chi connectivity index (χ1v) is 8.06. The van der Waals surface area contributed by atoms with Crippen LogP contribution in [-0.4, -0.2) is 27.4 Å². The van der Waals surface area contributed by atoms with Gasteiger partial charge in [-0.3, -0.25) is 4.98 Å². The molecule has 4 nitrogen and oxygen atoms in total. The average molecular weight is 284 g/mol. The van der Waals surface area contributed by atoms with Crippen molar-refractivity contribution in [2.24, 2.45) is 0 Å². The van der Waals surface area contributed by atoms with E-state index in [-0.39, 0.29) is 0 Å². The highest BCUT2D eigenvalue weighted by Gasteiger charge is 2.21. The summed E-state index contributed by atoms with van der Waals surface area (Å²) in [5, 5.41) is 8.45. The summed E-state index contributed by atoms with van der Waals surface area (Å²) < 4.78 is 2.10. The molecule has 2 heterocycles. The lowest BCUT2D eigenvalue weighted by Gasteiger charge is -2.08. The number of aryl methyl sites for hydroxylation is 1. The van der Waals surface area contributed by atoms with Gasteiger partial charge in [0.2, 0.25) is 0 Å². The molecule has 2 aromatic rings. The van der Waals surface area contributed by atoms with Gasteiger partial charge in [-0.1, -0.05) is 13.8 Å². The molecule has 2 aromatic heterocycles. The van der Waals surface area contributed by atoms with E-state index in [0.29, 0.717) is 0 Å². The maximum atomic E-state index is 4.84. The van der Waals surface area contributed by atoms with E-state index < -0.39 is 0 Å². The molecule has 1 N–H and O–H groups in total. The lowest BCUT2D eigenvalue weighted by Crippen LogP contribution is -2.20. The Morgan fingerprint density at radius 1 is 1.19 bits per heavy atom. The van der Waals surface area contributed by atoms with Crippen LogP contribution in [0.2, 0.25) is 0 Å². The number of pyridine rings is 1. The summed E-state index contributed by atoms with van der Waals surface area (Å²) in [6, 6.07) is 4.82. The fourth-order valence-corrected chi connectivity index (χ4v) is 2.86. The molecule has 21 heavy (non-hydrogen) atoms. The van der Waals surface area contributed by atoms with E-state index in [1.165, 1.54) is 29.8 Å². The van der Waals surface area contributed by atoms with Crippen molar-refractivity contribution >= 4 is 0 Å². The fourth-order valence-electron chi connectivity index (χ4n) is 2.86. The second-order valence-electron chi connectivity index (χ2n) is 5.67. The van der Waals surface area contributed by atoms with Gasteiger partial charge in [-0.2, -0.15) is 5.10 Å². The van der Waals surface area contributed by atoms with Gasteiger partial charge in [0.25, 0.3) is 0 Å². The van der Waals surface area contributed by atoms with Gasteiger partial charge in [0.15, 0.2) is 0 Å². The predicted octanol–water partition coefficient (Wildman–Crippen LogP) is 2.69. The minimum Gasteiger partial charge on any atom is -0.314 e. The number of nitrogens with zero attached hydrogens (tertiary/aromatic N) is 3. The number of hydrogen-bond acceptors (Lipinski definition) is 3. The molecule has 3 rings (SSSR count). The first-order valence-electron chi connectivity index (χ1n) is 8.06. The van der Waals surface area contributed by atoms with E-state index in [1.807, 2.05) is 24.5 Å². The number of aromatic nitrogens is 3. The van der Waals surface area contributed by atoms with Gasteiger partial charge in [0.1, 0.15) is 0 Å². The van der Waals surface area contributed by atoms with Crippen molar-refractivity contribution in [2.45, 2.75) is 52.0 Å². The SMILES string of the molecule is CCc1nn(-c2ccncc2)c(CC)c1CCNC1CC1. The lowest BCUT2D eigenvalue weighted by molar-refractivity contribution is 0.676. The lowest BCUT2D eigenvalue weighted by atomic mass is 10.1. The molecule has 1 aliphatic carbocycles.